The van der Waals surface area contributed by atoms with Crippen molar-refractivity contribution in [3.8, 4) is 0 Å². The number of anilines is 1. The highest BCUT2D eigenvalue weighted by atomic mass is 16.1. The van der Waals surface area contributed by atoms with Crippen LogP contribution in [0.25, 0.3) is 10.9 Å². The maximum Gasteiger partial charge on any atom is 0.227 e. The van der Waals surface area contributed by atoms with Gasteiger partial charge in [0.1, 0.15) is 0 Å². The van der Waals surface area contributed by atoms with Crippen molar-refractivity contribution in [2.45, 2.75) is 26.2 Å². The molecule has 3 heteroatoms. The van der Waals surface area contributed by atoms with Gasteiger partial charge >= 0.3 is 0 Å². The quantitative estimate of drug-likeness (QED) is 0.875. The Labute approximate surface area is 106 Å². The van der Waals surface area contributed by atoms with Crippen molar-refractivity contribution in [2.24, 2.45) is 5.92 Å². The number of carbonyl (C=O) groups excluding carboxylic acids is 1. The number of fused-ring (bicyclic) bond motifs is 1. The number of rotatable bonds is 2. The van der Waals surface area contributed by atoms with Crippen LogP contribution in [0, 0.1) is 12.8 Å². The Morgan fingerprint density at radius 2 is 2.17 bits per heavy atom. The van der Waals surface area contributed by atoms with Crippen molar-refractivity contribution in [1.29, 1.82) is 0 Å². The molecule has 18 heavy (non-hydrogen) atoms. The van der Waals surface area contributed by atoms with Crippen molar-refractivity contribution < 1.29 is 4.79 Å². The molecule has 0 radical (unpaired) electrons. The molecule has 0 bridgehead atoms. The number of amides is 1. The van der Waals surface area contributed by atoms with Gasteiger partial charge in [0, 0.05) is 17.5 Å². The summed E-state index contributed by atoms with van der Waals surface area (Å²) in [5.74, 6) is 0.355. The predicted octanol–water partition coefficient (Wildman–Crippen LogP) is 3.28. The van der Waals surface area contributed by atoms with Crippen LogP contribution < -0.4 is 5.32 Å². The number of carbonyl (C=O) groups is 1. The van der Waals surface area contributed by atoms with Crippen molar-refractivity contribution in [1.82, 2.24) is 4.98 Å². The highest BCUT2D eigenvalue weighted by Gasteiger charge is 2.25. The van der Waals surface area contributed by atoms with Gasteiger partial charge in [0.15, 0.2) is 0 Å². The van der Waals surface area contributed by atoms with Crippen LogP contribution in [0.3, 0.4) is 0 Å². The number of hydrogen-bond donors (Lipinski definition) is 1. The first-order valence-electron chi connectivity index (χ1n) is 6.41. The van der Waals surface area contributed by atoms with E-state index in [0.717, 1.165) is 35.0 Å². The smallest absolute Gasteiger partial charge is 0.227 e. The molecule has 2 aromatic rings. The fourth-order valence-corrected chi connectivity index (χ4v) is 2.33. The van der Waals surface area contributed by atoms with E-state index in [1.165, 1.54) is 6.42 Å². The van der Waals surface area contributed by atoms with E-state index in [1.54, 1.807) is 6.20 Å². The third-order valence-corrected chi connectivity index (χ3v) is 3.71. The van der Waals surface area contributed by atoms with Crippen LogP contribution in [0.1, 0.15) is 24.8 Å². The molecule has 3 rings (SSSR count). The molecular weight excluding hydrogens is 224 g/mol. The van der Waals surface area contributed by atoms with E-state index < -0.39 is 0 Å². The maximum absolute atomic E-state index is 12.0. The molecule has 0 saturated heterocycles. The van der Waals surface area contributed by atoms with E-state index in [4.69, 9.17) is 0 Å². The Bertz CT molecular complexity index is 602. The van der Waals surface area contributed by atoms with Gasteiger partial charge in [0.25, 0.3) is 0 Å². The summed E-state index contributed by atoms with van der Waals surface area (Å²) in [4.78, 5) is 16.4. The standard InChI is InChI=1S/C15H16N2O/c1-10-7-8-13(12-6-3-9-16-14(10)12)17-15(18)11-4-2-5-11/h3,6-9,11H,2,4-5H2,1H3,(H,17,18). The van der Waals surface area contributed by atoms with Gasteiger partial charge in [0.05, 0.1) is 11.2 Å². The number of nitrogens with one attached hydrogen (secondary N) is 1. The van der Waals surface area contributed by atoms with Gasteiger partial charge in [0.2, 0.25) is 5.91 Å². The van der Waals surface area contributed by atoms with Crippen LogP contribution in [0.5, 0.6) is 0 Å². The van der Waals surface area contributed by atoms with Gasteiger partial charge in [-0.2, -0.15) is 0 Å². The summed E-state index contributed by atoms with van der Waals surface area (Å²) in [7, 11) is 0. The molecule has 1 aromatic heterocycles. The zero-order valence-corrected chi connectivity index (χ0v) is 10.4. The number of aromatic nitrogens is 1. The van der Waals surface area contributed by atoms with Gasteiger partial charge in [-0.1, -0.05) is 12.5 Å². The van der Waals surface area contributed by atoms with Crippen LogP contribution in [-0.2, 0) is 4.79 Å². The fourth-order valence-electron chi connectivity index (χ4n) is 2.33. The summed E-state index contributed by atoms with van der Waals surface area (Å²) in [6.07, 6.45) is 5.00. The minimum atomic E-state index is 0.148. The first kappa shape index (κ1) is 11.2. The molecule has 1 saturated carbocycles. The second-order valence-electron chi connectivity index (χ2n) is 4.95. The molecule has 0 atom stereocenters. The highest BCUT2D eigenvalue weighted by molar-refractivity contribution is 6.02. The van der Waals surface area contributed by atoms with E-state index >= 15 is 0 Å². The Balaban J connectivity index is 1.96. The zero-order chi connectivity index (χ0) is 12.5. The average molecular weight is 240 g/mol. The molecule has 1 aromatic carbocycles. The third-order valence-electron chi connectivity index (χ3n) is 3.71. The van der Waals surface area contributed by atoms with Crippen molar-refractivity contribution in [3.63, 3.8) is 0 Å². The molecule has 1 aliphatic rings. The largest absolute Gasteiger partial charge is 0.325 e. The molecule has 0 unspecified atom stereocenters. The summed E-state index contributed by atoms with van der Waals surface area (Å²) >= 11 is 0. The lowest BCUT2D eigenvalue weighted by Crippen LogP contribution is -2.28. The van der Waals surface area contributed by atoms with Crippen molar-refractivity contribution >= 4 is 22.5 Å². The maximum atomic E-state index is 12.0. The molecular formula is C15H16N2O. The molecule has 1 heterocycles. The van der Waals surface area contributed by atoms with Gasteiger partial charge in [-0.15, -0.1) is 0 Å². The number of nitrogens with zero attached hydrogens (tertiary/aromatic N) is 1. The lowest BCUT2D eigenvalue weighted by Gasteiger charge is -2.24. The predicted molar refractivity (Wildman–Crippen MR) is 72.5 cm³/mol. The first-order chi connectivity index (χ1) is 8.75. The third kappa shape index (κ3) is 1.86. The summed E-state index contributed by atoms with van der Waals surface area (Å²) in [5.41, 5.74) is 2.97. The molecule has 0 aliphatic heterocycles. The highest BCUT2D eigenvalue weighted by Crippen LogP contribution is 2.30. The summed E-state index contributed by atoms with van der Waals surface area (Å²) in [6, 6.07) is 7.88. The topological polar surface area (TPSA) is 42.0 Å². The zero-order valence-electron chi connectivity index (χ0n) is 10.4. The Morgan fingerprint density at radius 3 is 2.89 bits per heavy atom. The minimum Gasteiger partial charge on any atom is -0.325 e. The van der Waals surface area contributed by atoms with E-state index in [2.05, 4.69) is 10.3 Å². The second kappa shape index (κ2) is 4.41. The summed E-state index contributed by atoms with van der Waals surface area (Å²) in [6.45, 7) is 2.03. The van der Waals surface area contributed by atoms with Crippen LogP contribution in [-0.4, -0.2) is 10.9 Å². The Hall–Kier alpha value is -1.90. The van der Waals surface area contributed by atoms with E-state index in [-0.39, 0.29) is 11.8 Å². The summed E-state index contributed by atoms with van der Waals surface area (Å²) < 4.78 is 0. The van der Waals surface area contributed by atoms with E-state index in [0.29, 0.717) is 0 Å². The van der Waals surface area contributed by atoms with Crippen LogP contribution in [0.4, 0.5) is 5.69 Å². The van der Waals surface area contributed by atoms with Crippen molar-refractivity contribution in [3.05, 3.63) is 36.0 Å². The first-order valence-corrected chi connectivity index (χ1v) is 6.41. The lowest BCUT2D eigenvalue weighted by atomic mass is 9.85. The molecule has 1 amide bonds. The summed E-state index contributed by atoms with van der Waals surface area (Å²) in [5, 5.41) is 4.05. The van der Waals surface area contributed by atoms with Gasteiger partial charge in [-0.25, -0.2) is 0 Å². The Kier molecular flexibility index (Phi) is 2.74. The van der Waals surface area contributed by atoms with Crippen LogP contribution in [0.2, 0.25) is 0 Å². The SMILES string of the molecule is Cc1ccc(NC(=O)C2CCC2)c2cccnc12. The van der Waals surface area contributed by atoms with Crippen molar-refractivity contribution in [2.75, 3.05) is 5.32 Å². The minimum absolute atomic E-state index is 0.148. The van der Waals surface area contributed by atoms with Crippen LogP contribution in [0.15, 0.2) is 30.5 Å². The Morgan fingerprint density at radius 1 is 1.33 bits per heavy atom. The normalized spacial score (nSPS) is 15.4. The van der Waals surface area contributed by atoms with E-state index in [1.807, 2.05) is 31.2 Å². The second-order valence-corrected chi connectivity index (χ2v) is 4.95. The fraction of sp³-hybridized carbons (Fsp3) is 0.333. The monoisotopic (exact) mass is 240 g/mol. The molecule has 92 valence electrons. The van der Waals surface area contributed by atoms with Crippen LogP contribution >= 0.6 is 0 Å². The number of pyridine rings is 1. The molecule has 3 nitrogen and oxygen atoms in total. The molecule has 1 aliphatic carbocycles. The van der Waals surface area contributed by atoms with Gasteiger partial charge in [-0.3, -0.25) is 9.78 Å². The van der Waals surface area contributed by atoms with E-state index in [9.17, 15) is 4.79 Å². The number of benzene rings is 1. The lowest BCUT2D eigenvalue weighted by molar-refractivity contribution is -0.122. The van der Waals surface area contributed by atoms with Gasteiger partial charge in [-0.05, 0) is 43.5 Å². The molecule has 0 spiro atoms. The number of hydrogen-bond acceptors (Lipinski definition) is 2. The molecule has 1 fully saturated rings. The average Bonchev–Trinajstić information content (AvgIpc) is 2.31. The number of aryl methyl sites for hydroxylation is 1. The van der Waals surface area contributed by atoms with Gasteiger partial charge < -0.3 is 5.32 Å². The molecule has 1 N–H and O–H groups in total.